The minimum atomic E-state index is -0.780. The zero-order valence-electron chi connectivity index (χ0n) is 18.3. The van der Waals surface area contributed by atoms with Crippen LogP contribution in [0, 0.1) is 0 Å². The molecule has 1 N–H and O–H groups in total. The number of carbonyl (C=O) groups is 2. The molecule has 0 spiro atoms. The summed E-state index contributed by atoms with van der Waals surface area (Å²) in [6, 6.07) is 19.7. The number of carbonyl (C=O) groups excluding carboxylic acids is 2. The van der Waals surface area contributed by atoms with Crippen molar-refractivity contribution in [1.82, 2.24) is 10.2 Å². The normalized spacial score (nSPS) is 16.8. The third-order valence-corrected chi connectivity index (χ3v) is 6.72. The molecule has 3 aromatic rings. The van der Waals surface area contributed by atoms with Gasteiger partial charge in [-0.25, -0.2) is 0 Å². The number of hydrogen-bond donors (Lipinski definition) is 1. The van der Waals surface area contributed by atoms with Crippen molar-refractivity contribution in [1.29, 1.82) is 0 Å². The molecule has 2 aromatic carbocycles. The average molecular weight is 484 g/mol. The van der Waals surface area contributed by atoms with E-state index in [9.17, 15) is 9.59 Å². The molecule has 1 aliphatic rings. The summed E-state index contributed by atoms with van der Waals surface area (Å²) in [6.45, 7) is 4.05. The Labute approximate surface area is 202 Å². The van der Waals surface area contributed by atoms with Gasteiger partial charge in [0.05, 0.1) is 0 Å². The number of rotatable bonds is 7. The van der Waals surface area contributed by atoms with Crippen molar-refractivity contribution in [3.05, 3.63) is 77.0 Å². The van der Waals surface area contributed by atoms with Crippen LogP contribution in [0.5, 0.6) is 11.5 Å². The fourth-order valence-corrected chi connectivity index (χ4v) is 4.87. The molecule has 172 valence electrons. The van der Waals surface area contributed by atoms with Crippen molar-refractivity contribution < 1.29 is 14.3 Å². The van der Waals surface area contributed by atoms with Gasteiger partial charge in [-0.2, -0.15) is 0 Å². The molecule has 0 bridgehead atoms. The number of thiophene rings is 1. The van der Waals surface area contributed by atoms with Gasteiger partial charge in [0.15, 0.2) is 0 Å². The lowest BCUT2D eigenvalue weighted by atomic mass is 10.1. The minimum absolute atomic E-state index is 0.0308. The van der Waals surface area contributed by atoms with Crippen LogP contribution in [-0.2, 0) is 9.59 Å². The fraction of sp³-hybridized carbons (Fsp3) is 0.280. The Hall–Kier alpha value is -2.87. The molecule has 2 amide bonds. The van der Waals surface area contributed by atoms with Gasteiger partial charge in [0.25, 0.3) is 5.91 Å². The van der Waals surface area contributed by atoms with Crippen LogP contribution in [0.2, 0.25) is 0 Å². The third-order valence-electron chi connectivity index (χ3n) is 5.57. The first kappa shape index (κ1) is 23.3. The van der Waals surface area contributed by atoms with Gasteiger partial charge in [-0.3, -0.25) is 14.5 Å². The second-order valence-corrected chi connectivity index (χ2v) is 9.06. The summed E-state index contributed by atoms with van der Waals surface area (Å²) in [5, 5.41) is 5.22. The Morgan fingerprint density at radius 1 is 1.12 bits per heavy atom. The summed E-state index contributed by atoms with van der Waals surface area (Å²) >= 11 is 7.47. The van der Waals surface area contributed by atoms with Crippen LogP contribution in [0.3, 0.4) is 0 Å². The molecule has 4 rings (SSSR count). The molecule has 0 radical (unpaired) electrons. The number of ether oxygens (including phenoxy) is 1. The lowest BCUT2D eigenvalue weighted by Gasteiger charge is -2.39. The maximum atomic E-state index is 13.8. The van der Waals surface area contributed by atoms with Crippen molar-refractivity contribution >= 4 is 40.4 Å². The molecule has 0 aliphatic carbocycles. The van der Waals surface area contributed by atoms with Crippen molar-refractivity contribution in [3.63, 3.8) is 0 Å². The molecular weight excluding hydrogens is 458 g/mol. The van der Waals surface area contributed by atoms with Crippen LogP contribution >= 0.6 is 22.9 Å². The Kier molecular flexibility index (Phi) is 7.65. The monoisotopic (exact) mass is 483 g/mol. The summed E-state index contributed by atoms with van der Waals surface area (Å²) in [4.78, 5) is 31.0. The predicted molar refractivity (Wildman–Crippen MR) is 132 cm³/mol. The van der Waals surface area contributed by atoms with Crippen molar-refractivity contribution in [2.24, 2.45) is 0 Å². The highest BCUT2D eigenvalue weighted by molar-refractivity contribution is 7.10. The number of nitrogens with zero attached hydrogens (tertiary/aromatic N) is 2. The summed E-state index contributed by atoms with van der Waals surface area (Å²) < 4.78 is 5.88. The second kappa shape index (κ2) is 10.8. The molecule has 1 aliphatic heterocycles. The number of halogens is 1. The van der Waals surface area contributed by atoms with Crippen LogP contribution in [0.25, 0.3) is 0 Å². The SMILES string of the molecule is C[C@@H]1CNCCN1C(=O)C(c1cccs1)N(C(=O)CCl)c1ccc(Oc2ccccc2)cc1. The molecule has 33 heavy (non-hydrogen) atoms. The number of para-hydroxylation sites is 1. The Balaban J connectivity index is 1.67. The number of nitrogens with one attached hydrogen (secondary N) is 1. The van der Waals surface area contributed by atoms with Crippen LogP contribution < -0.4 is 15.0 Å². The van der Waals surface area contributed by atoms with Gasteiger partial charge in [0, 0.05) is 36.2 Å². The molecule has 1 fully saturated rings. The standard InChI is InChI=1S/C25H26ClN3O3S/c1-18-17-27-13-14-28(18)25(31)24(22-8-5-15-33-22)29(23(30)16-26)19-9-11-21(12-10-19)32-20-6-3-2-4-7-20/h2-12,15,18,24,27H,13-14,16-17H2,1H3/t18-,24?/m1/s1. The Bertz CT molecular complexity index is 1060. The smallest absolute Gasteiger partial charge is 0.251 e. The molecule has 0 saturated carbocycles. The van der Waals surface area contributed by atoms with Crippen LogP contribution in [0.1, 0.15) is 17.8 Å². The molecule has 2 heterocycles. The maximum Gasteiger partial charge on any atom is 0.251 e. The molecule has 2 atom stereocenters. The van der Waals surface area contributed by atoms with E-state index in [4.69, 9.17) is 16.3 Å². The number of alkyl halides is 1. The largest absolute Gasteiger partial charge is 0.457 e. The van der Waals surface area contributed by atoms with E-state index in [1.165, 1.54) is 16.2 Å². The van der Waals surface area contributed by atoms with E-state index in [1.54, 1.807) is 24.3 Å². The first-order valence-corrected chi connectivity index (χ1v) is 12.3. The quantitative estimate of drug-likeness (QED) is 0.496. The maximum absolute atomic E-state index is 13.8. The summed E-state index contributed by atoms with van der Waals surface area (Å²) in [6.07, 6.45) is 0. The highest BCUT2D eigenvalue weighted by atomic mass is 35.5. The number of piperazine rings is 1. The molecule has 1 saturated heterocycles. The highest BCUT2D eigenvalue weighted by Crippen LogP contribution is 2.34. The first-order chi connectivity index (χ1) is 16.1. The number of benzene rings is 2. The molecule has 6 nitrogen and oxygen atoms in total. The van der Waals surface area contributed by atoms with E-state index in [-0.39, 0.29) is 23.7 Å². The van der Waals surface area contributed by atoms with Gasteiger partial charge in [-0.05, 0) is 54.8 Å². The van der Waals surface area contributed by atoms with Crippen LogP contribution in [0.15, 0.2) is 72.1 Å². The highest BCUT2D eigenvalue weighted by Gasteiger charge is 2.37. The summed E-state index contributed by atoms with van der Waals surface area (Å²) in [5.41, 5.74) is 0.593. The van der Waals surface area contributed by atoms with Gasteiger partial charge in [0.2, 0.25) is 5.91 Å². The van der Waals surface area contributed by atoms with E-state index < -0.39 is 6.04 Å². The lowest BCUT2D eigenvalue weighted by molar-refractivity contribution is -0.137. The molecule has 1 unspecified atom stereocenters. The van der Waals surface area contributed by atoms with Crippen molar-refractivity contribution in [2.45, 2.75) is 19.0 Å². The predicted octanol–water partition coefficient (Wildman–Crippen LogP) is 4.67. The van der Waals surface area contributed by atoms with Gasteiger partial charge in [0.1, 0.15) is 23.4 Å². The Morgan fingerprint density at radius 2 is 1.85 bits per heavy atom. The van der Waals surface area contributed by atoms with E-state index in [0.29, 0.717) is 18.0 Å². The fourth-order valence-electron chi connectivity index (χ4n) is 3.93. The Morgan fingerprint density at radius 3 is 2.48 bits per heavy atom. The first-order valence-electron chi connectivity index (χ1n) is 10.8. The average Bonchev–Trinajstić information content (AvgIpc) is 3.38. The molecule has 8 heteroatoms. The van der Waals surface area contributed by atoms with Crippen molar-refractivity contribution in [3.8, 4) is 11.5 Å². The number of amides is 2. The zero-order valence-corrected chi connectivity index (χ0v) is 19.9. The van der Waals surface area contributed by atoms with Gasteiger partial charge >= 0.3 is 0 Å². The van der Waals surface area contributed by atoms with Crippen molar-refractivity contribution in [2.75, 3.05) is 30.4 Å². The van der Waals surface area contributed by atoms with E-state index in [2.05, 4.69) is 5.32 Å². The van der Waals surface area contributed by atoms with E-state index in [1.807, 2.05) is 59.7 Å². The second-order valence-electron chi connectivity index (χ2n) is 7.81. The summed E-state index contributed by atoms with van der Waals surface area (Å²) in [7, 11) is 0. The lowest BCUT2D eigenvalue weighted by Crippen LogP contribution is -2.56. The minimum Gasteiger partial charge on any atom is -0.457 e. The van der Waals surface area contributed by atoms with Gasteiger partial charge < -0.3 is 15.0 Å². The zero-order chi connectivity index (χ0) is 23.2. The van der Waals surface area contributed by atoms with E-state index in [0.717, 1.165) is 23.7 Å². The number of hydrogen-bond acceptors (Lipinski definition) is 5. The van der Waals surface area contributed by atoms with Crippen LogP contribution in [-0.4, -0.2) is 48.3 Å². The summed E-state index contributed by atoms with van der Waals surface area (Å²) in [5.74, 6) is 0.697. The third kappa shape index (κ3) is 5.38. The number of anilines is 1. The topological polar surface area (TPSA) is 61.9 Å². The van der Waals surface area contributed by atoms with Gasteiger partial charge in [-0.1, -0.05) is 24.3 Å². The van der Waals surface area contributed by atoms with Crippen LogP contribution in [0.4, 0.5) is 5.69 Å². The van der Waals surface area contributed by atoms with E-state index >= 15 is 0 Å². The molecule has 1 aromatic heterocycles. The van der Waals surface area contributed by atoms with Gasteiger partial charge in [-0.15, -0.1) is 22.9 Å². The molecular formula is C25H26ClN3O3S.